The van der Waals surface area contributed by atoms with E-state index in [0.29, 0.717) is 6.61 Å². The zero-order valence-corrected chi connectivity index (χ0v) is 14.5. The standard InChI is InChI=1S/C17H27BO4/c1-13(19-6)10-11-20-15-9-7-8-14(12-15)18-21-16(2,3)17(4,5)22-18/h7-9,12-13H,10-11H2,1-6H3. The first-order chi connectivity index (χ1) is 10.2. The molecule has 1 aromatic rings. The summed E-state index contributed by atoms with van der Waals surface area (Å²) in [5.41, 5.74) is 0.320. The molecule has 2 rings (SSSR count). The van der Waals surface area contributed by atoms with Crippen LogP contribution in [0, 0.1) is 0 Å². The van der Waals surface area contributed by atoms with E-state index in [2.05, 4.69) is 27.7 Å². The fourth-order valence-electron chi connectivity index (χ4n) is 2.19. The minimum atomic E-state index is -0.355. The fraction of sp³-hybridized carbons (Fsp3) is 0.647. The van der Waals surface area contributed by atoms with Crippen molar-refractivity contribution in [1.29, 1.82) is 0 Å². The Balaban J connectivity index is 2.00. The molecule has 0 N–H and O–H groups in total. The van der Waals surface area contributed by atoms with E-state index in [-0.39, 0.29) is 24.4 Å². The Labute approximate surface area is 134 Å². The number of hydrogen-bond acceptors (Lipinski definition) is 4. The molecule has 122 valence electrons. The zero-order chi connectivity index (χ0) is 16.4. The van der Waals surface area contributed by atoms with Crippen LogP contribution in [0.25, 0.3) is 0 Å². The molecule has 1 aromatic carbocycles. The summed E-state index contributed by atoms with van der Waals surface area (Å²) in [6.45, 7) is 10.9. The van der Waals surface area contributed by atoms with Crippen LogP contribution in [0.3, 0.4) is 0 Å². The van der Waals surface area contributed by atoms with E-state index >= 15 is 0 Å². The summed E-state index contributed by atoms with van der Waals surface area (Å²) < 4.78 is 23.1. The number of ether oxygens (including phenoxy) is 2. The van der Waals surface area contributed by atoms with Crippen molar-refractivity contribution < 1.29 is 18.8 Å². The van der Waals surface area contributed by atoms with Gasteiger partial charge in [-0.2, -0.15) is 0 Å². The Morgan fingerprint density at radius 3 is 2.36 bits per heavy atom. The second kappa shape index (κ2) is 6.61. The van der Waals surface area contributed by atoms with Crippen LogP contribution >= 0.6 is 0 Å². The lowest BCUT2D eigenvalue weighted by Gasteiger charge is -2.32. The van der Waals surface area contributed by atoms with Crippen LogP contribution in [0.4, 0.5) is 0 Å². The van der Waals surface area contributed by atoms with Crippen LogP contribution in [-0.4, -0.2) is 38.1 Å². The van der Waals surface area contributed by atoms with Gasteiger partial charge < -0.3 is 18.8 Å². The van der Waals surface area contributed by atoms with Gasteiger partial charge in [-0.05, 0) is 52.2 Å². The highest BCUT2D eigenvalue weighted by Gasteiger charge is 2.51. The monoisotopic (exact) mass is 306 g/mol. The van der Waals surface area contributed by atoms with Crippen molar-refractivity contribution in [1.82, 2.24) is 0 Å². The molecular formula is C17H27BO4. The molecule has 4 nitrogen and oxygen atoms in total. The lowest BCUT2D eigenvalue weighted by molar-refractivity contribution is 0.00578. The molecule has 1 aliphatic rings. The van der Waals surface area contributed by atoms with Crippen molar-refractivity contribution in [2.45, 2.75) is 58.3 Å². The molecule has 1 aliphatic heterocycles. The first-order valence-corrected chi connectivity index (χ1v) is 7.86. The second-order valence-electron chi connectivity index (χ2n) is 6.84. The molecule has 0 spiro atoms. The van der Waals surface area contributed by atoms with Gasteiger partial charge in [0.1, 0.15) is 5.75 Å². The number of hydrogen-bond donors (Lipinski definition) is 0. The molecule has 0 amide bonds. The van der Waals surface area contributed by atoms with Crippen LogP contribution in [0.5, 0.6) is 5.75 Å². The van der Waals surface area contributed by atoms with Crippen molar-refractivity contribution in [3.8, 4) is 5.75 Å². The molecule has 0 bridgehead atoms. The highest BCUT2D eigenvalue weighted by atomic mass is 16.7. The molecule has 1 unspecified atom stereocenters. The summed E-state index contributed by atoms with van der Waals surface area (Å²) in [7, 11) is 1.36. The third-order valence-corrected chi connectivity index (χ3v) is 4.58. The van der Waals surface area contributed by atoms with Gasteiger partial charge in [0.25, 0.3) is 0 Å². The lowest BCUT2D eigenvalue weighted by Crippen LogP contribution is -2.41. The van der Waals surface area contributed by atoms with E-state index in [4.69, 9.17) is 18.8 Å². The predicted octanol–water partition coefficient (Wildman–Crippen LogP) is 2.79. The smallest absolute Gasteiger partial charge is 0.494 e. The summed E-state index contributed by atoms with van der Waals surface area (Å²) in [6.07, 6.45) is 1.06. The molecule has 5 heteroatoms. The molecule has 0 aliphatic carbocycles. The molecule has 0 radical (unpaired) electrons. The summed E-state index contributed by atoms with van der Waals surface area (Å²) >= 11 is 0. The third-order valence-electron chi connectivity index (χ3n) is 4.58. The average Bonchev–Trinajstić information content (AvgIpc) is 2.67. The lowest BCUT2D eigenvalue weighted by atomic mass is 9.79. The van der Waals surface area contributed by atoms with Gasteiger partial charge in [0.05, 0.1) is 23.9 Å². The Morgan fingerprint density at radius 1 is 1.14 bits per heavy atom. The summed E-state index contributed by atoms with van der Waals surface area (Å²) in [5.74, 6) is 0.829. The van der Waals surface area contributed by atoms with Gasteiger partial charge in [0, 0.05) is 13.5 Å². The Morgan fingerprint density at radius 2 is 1.77 bits per heavy atom. The second-order valence-corrected chi connectivity index (χ2v) is 6.84. The zero-order valence-electron chi connectivity index (χ0n) is 14.5. The number of methoxy groups -OCH3 is 1. The molecule has 1 atom stereocenters. The molecule has 0 aromatic heterocycles. The highest BCUT2D eigenvalue weighted by Crippen LogP contribution is 2.36. The SMILES string of the molecule is COC(C)CCOc1cccc(B2OC(C)(C)C(C)(C)O2)c1. The third kappa shape index (κ3) is 3.83. The maximum absolute atomic E-state index is 6.07. The van der Waals surface area contributed by atoms with Gasteiger partial charge in [-0.25, -0.2) is 0 Å². The minimum Gasteiger partial charge on any atom is -0.494 e. The summed E-state index contributed by atoms with van der Waals surface area (Å²) in [5, 5.41) is 0. The largest absolute Gasteiger partial charge is 0.494 e. The Kier molecular flexibility index (Phi) is 5.20. The van der Waals surface area contributed by atoms with Gasteiger partial charge in [-0.1, -0.05) is 12.1 Å². The van der Waals surface area contributed by atoms with Crippen LogP contribution in [0.15, 0.2) is 24.3 Å². The summed E-state index contributed by atoms with van der Waals surface area (Å²) in [6, 6.07) is 7.91. The Bertz CT molecular complexity index is 485. The topological polar surface area (TPSA) is 36.9 Å². The van der Waals surface area contributed by atoms with E-state index in [1.54, 1.807) is 7.11 Å². The maximum Gasteiger partial charge on any atom is 0.494 e. The van der Waals surface area contributed by atoms with Gasteiger partial charge >= 0.3 is 7.12 Å². The molecule has 22 heavy (non-hydrogen) atoms. The maximum atomic E-state index is 6.07. The van der Waals surface area contributed by atoms with E-state index in [1.807, 2.05) is 31.2 Å². The van der Waals surface area contributed by atoms with Crippen molar-refractivity contribution in [3.05, 3.63) is 24.3 Å². The fourth-order valence-corrected chi connectivity index (χ4v) is 2.19. The molecule has 1 fully saturated rings. The van der Waals surface area contributed by atoms with Gasteiger partial charge in [0.2, 0.25) is 0 Å². The van der Waals surface area contributed by atoms with Gasteiger partial charge in [-0.15, -0.1) is 0 Å². The Hall–Kier alpha value is -1.04. The van der Waals surface area contributed by atoms with E-state index in [0.717, 1.165) is 17.6 Å². The minimum absolute atomic E-state index is 0.200. The first kappa shape index (κ1) is 17.3. The number of rotatable bonds is 6. The normalized spacial score (nSPS) is 20.9. The van der Waals surface area contributed by atoms with Crippen molar-refractivity contribution in [2.24, 2.45) is 0 Å². The predicted molar refractivity (Wildman–Crippen MR) is 88.7 cm³/mol. The van der Waals surface area contributed by atoms with Gasteiger partial charge in [0.15, 0.2) is 0 Å². The highest BCUT2D eigenvalue weighted by molar-refractivity contribution is 6.62. The van der Waals surface area contributed by atoms with Crippen LogP contribution in [0.2, 0.25) is 0 Å². The van der Waals surface area contributed by atoms with Crippen LogP contribution in [-0.2, 0) is 14.0 Å². The van der Waals surface area contributed by atoms with Gasteiger partial charge in [-0.3, -0.25) is 0 Å². The van der Waals surface area contributed by atoms with E-state index < -0.39 is 0 Å². The van der Waals surface area contributed by atoms with E-state index in [9.17, 15) is 0 Å². The summed E-state index contributed by atoms with van der Waals surface area (Å²) in [4.78, 5) is 0. The molecule has 0 saturated carbocycles. The number of benzene rings is 1. The van der Waals surface area contributed by atoms with E-state index in [1.165, 1.54) is 0 Å². The van der Waals surface area contributed by atoms with Crippen LogP contribution in [0.1, 0.15) is 41.0 Å². The van der Waals surface area contributed by atoms with Crippen molar-refractivity contribution in [3.63, 3.8) is 0 Å². The first-order valence-electron chi connectivity index (χ1n) is 7.86. The van der Waals surface area contributed by atoms with Crippen molar-refractivity contribution >= 4 is 12.6 Å². The molecule has 1 saturated heterocycles. The van der Waals surface area contributed by atoms with Crippen LogP contribution < -0.4 is 10.2 Å². The molecule has 1 heterocycles. The van der Waals surface area contributed by atoms with Crippen molar-refractivity contribution in [2.75, 3.05) is 13.7 Å². The average molecular weight is 306 g/mol. The molecular weight excluding hydrogens is 279 g/mol. The quantitative estimate of drug-likeness (QED) is 0.757.